The molecule has 0 aromatic heterocycles. The van der Waals surface area contributed by atoms with Crippen LogP contribution in [0.3, 0.4) is 0 Å². The maximum atomic E-state index is 11.9. The zero-order chi connectivity index (χ0) is 12.7. The smallest absolute Gasteiger partial charge is 0.150 e. The molecule has 0 spiro atoms. The second-order valence-corrected chi connectivity index (χ2v) is 4.86. The molecule has 2 N–H and O–H groups in total. The van der Waals surface area contributed by atoms with Crippen molar-refractivity contribution in [2.45, 2.75) is 45.6 Å². The van der Waals surface area contributed by atoms with Gasteiger partial charge in [0.25, 0.3) is 0 Å². The molecule has 0 bridgehead atoms. The number of carbonyl (C=O) groups excluding carboxylic acids is 1. The van der Waals surface area contributed by atoms with Gasteiger partial charge in [-0.15, -0.1) is 0 Å². The van der Waals surface area contributed by atoms with E-state index in [0.29, 0.717) is 18.8 Å². The van der Waals surface area contributed by atoms with E-state index in [9.17, 15) is 4.79 Å². The van der Waals surface area contributed by atoms with E-state index in [0.717, 1.165) is 18.4 Å². The predicted octanol–water partition coefficient (Wildman–Crippen LogP) is 2.95. The first-order valence-electron chi connectivity index (χ1n) is 6.45. The van der Waals surface area contributed by atoms with Crippen LogP contribution < -0.4 is 5.73 Å². The first kappa shape index (κ1) is 13.9. The Morgan fingerprint density at radius 2 is 1.94 bits per heavy atom. The molecule has 0 aliphatic rings. The number of hydrogen-bond donors (Lipinski definition) is 1. The van der Waals surface area contributed by atoms with Gasteiger partial charge in [-0.1, -0.05) is 57.0 Å². The van der Waals surface area contributed by atoms with Gasteiger partial charge in [0.15, 0.2) is 0 Å². The lowest BCUT2D eigenvalue weighted by molar-refractivity contribution is -0.121. The molecular weight excluding hydrogens is 210 g/mol. The molecule has 0 fully saturated rings. The third-order valence-corrected chi connectivity index (χ3v) is 3.04. The second kappa shape index (κ2) is 7.23. The molecule has 0 aliphatic carbocycles. The molecule has 2 nitrogen and oxygen atoms in total. The largest absolute Gasteiger partial charge is 0.321 e. The van der Waals surface area contributed by atoms with Crippen LogP contribution in [-0.4, -0.2) is 11.8 Å². The van der Waals surface area contributed by atoms with Gasteiger partial charge in [-0.25, -0.2) is 0 Å². The summed E-state index contributed by atoms with van der Waals surface area (Å²) in [5, 5.41) is 0. The van der Waals surface area contributed by atoms with E-state index in [1.54, 1.807) is 0 Å². The summed E-state index contributed by atoms with van der Waals surface area (Å²) in [7, 11) is 0. The molecule has 0 heterocycles. The van der Waals surface area contributed by atoms with Crippen LogP contribution in [0.25, 0.3) is 0 Å². The van der Waals surface area contributed by atoms with Crippen molar-refractivity contribution >= 4 is 5.78 Å². The maximum absolute atomic E-state index is 11.9. The van der Waals surface area contributed by atoms with Crippen LogP contribution in [0.1, 0.15) is 38.7 Å². The van der Waals surface area contributed by atoms with Crippen molar-refractivity contribution in [2.24, 2.45) is 11.7 Å². The summed E-state index contributed by atoms with van der Waals surface area (Å²) in [5.74, 6) is 0.643. The summed E-state index contributed by atoms with van der Waals surface area (Å²) in [4.78, 5) is 11.9. The monoisotopic (exact) mass is 233 g/mol. The van der Waals surface area contributed by atoms with E-state index in [-0.39, 0.29) is 11.8 Å². The first-order chi connectivity index (χ1) is 8.13. The molecule has 1 aromatic carbocycles. The number of ketones is 1. The fourth-order valence-corrected chi connectivity index (χ4v) is 2.07. The van der Waals surface area contributed by atoms with Crippen molar-refractivity contribution in [1.82, 2.24) is 0 Å². The number of rotatable bonds is 7. The van der Waals surface area contributed by atoms with Crippen LogP contribution in [0.15, 0.2) is 30.3 Å². The van der Waals surface area contributed by atoms with Crippen LogP contribution >= 0.6 is 0 Å². The Labute approximate surface area is 104 Å². The summed E-state index contributed by atoms with van der Waals surface area (Å²) in [5.41, 5.74) is 7.08. The molecule has 1 rings (SSSR count). The molecule has 94 valence electrons. The second-order valence-electron chi connectivity index (χ2n) is 4.86. The van der Waals surface area contributed by atoms with Crippen molar-refractivity contribution in [1.29, 1.82) is 0 Å². The number of benzene rings is 1. The van der Waals surface area contributed by atoms with Crippen LogP contribution in [-0.2, 0) is 11.2 Å². The van der Waals surface area contributed by atoms with Crippen molar-refractivity contribution < 1.29 is 4.79 Å². The Bertz CT molecular complexity index is 334. The summed E-state index contributed by atoms with van der Waals surface area (Å²) in [6.07, 6.45) is 3.49. The number of nitrogens with two attached hydrogens (primary N) is 1. The molecule has 1 aromatic rings. The zero-order valence-electron chi connectivity index (χ0n) is 10.9. The minimum Gasteiger partial charge on any atom is -0.321 e. The Kier molecular flexibility index (Phi) is 5.92. The number of hydrogen-bond acceptors (Lipinski definition) is 2. The first-order valence-corrected chi connectivity index (χ1v) is 6.45. The number of carbonyl (C=O) groups is 1. The van der Waals surface area contributed by atoms with Gasteiger partial charge in [0.05, 0.1) is 6.04 Å². The third kappa shape index (κ3) is 5.14. The third-order valence-electron chi connectivity index (χ3n) is 3.04. The molecule has 0 saturated heterocycles. The van der Waals surface area contributed by atoms with Gasteiger partial charge in [-0.05, 0) is 17.9 Å². The van der Waals surface area contributed by atoms with E-state index in [2.05, 4.69) is 13.8 Å². The maximum Gasteiger partial charge on any atom is 0.150 e. The molecule has 0 amide bonds. The lowest BCUT2D eigenvalue weighted by Crippen LogP contribution is -2.33. The average Bonchev–Trinajstić information content (AvgIpc) is 2.30. The summed E-state index contributed by atoms with van der Waals surface area (Å²) in [6, 6.07) is 9.61. The SMILES string of the molecule is CCCC(C)CC(=O)C(N)Cc1ccccc1. The van der Waals surface area contributed by atoms with Gasteiger partial charge in [0, 0.05) is 6.42 Å². The van der Waals surface area contributed by atoms with Gasteiger partial charge in [0.1, 0.15) is 5.78 Å². The fraction of sp³-hybridized carbons (Fsp3) is 0.533. The molecule has 0 radical (unpaired) electrons. The lowest BCUT2D eigenvalue weighted by atomic mass is 9.94. The van der Waals surface area contributed by atoms with Crippen LogP contribution in [0.4, 0.5) is 0 Å². The Hall–Kier alpha value is -1.15. The topological polar surface area (TPSA) is 43.1 Å². The Balaban J connectivity index is 2.42. The van der Waals surface area contributed by atoms with Gasteiger partial charge < -0.3 is 5.73 Å². The van der Waals surface area contributed by atoms with Gasteiger partial charge in [0.2, 0.25) is 0 Å². The van der Waals surface area contributed by atoms with Crippen LogP contribution in [0.2, 0.25) is 0 Å². The molecular formula is C15H23NO. The summed E-state index contributed by atoms with van der Waals surface area (Å²) < 4.78 is 0. The molecule has 2 unspecified atom stereocenters. The highest BCUT2D eigenvalue weighted by Gasteiger charge is 2.16. The van der Waals surface area contributed by atoms with Crippen LogP contribution in [0.5, 0.6) is 0 Å². The van der Waals surface area contributed by atoms with E-state index in [1.807, 2.05) is 30.3 Å². The minimum atomic E-state index is -0.350. The molecule has 0 saturated carbocycles. The summed E-state index contributed by atoms with van der Waals surface area (Å²) in [6.45, 7) is 4.27. The van der Waals surface area contributed by atoms with E-state index in [4.69, 9.17) is 5.73 Å². The summed E-state index contributed by atoms with van der Waals surface area (Å²) >= 11 is 0. The highest BCUT2D eigenvalue weighted by Crippen LogP contribution is 2.12. The zero-order valence-corrected chi connectivity index (χ0v) is 10.9. The highest BCUT2D eigenvalue weighted by atomic mass is 16.1. The van der Waals surface area contributed by atoms with Crippen molar-refractivity contribution in [3.05, 3.63) is 35.9 Å². The van der Waals surface area contributed by atoms with Gasteiger partial charge in [-0.3, -0.25) is 4.79 Å². The highest BCUT2D eigenvalue weighted by molar-refractivity contribution is 5.84. The molecule has 17 heavy (non-hydrogen) atoms. The standard InChI is InChI=1S/C15H23NO/c1-3-7-12(2)10-15(17)14(16)11-13-8-5-4-6-9-13/h4-6,8-9,12,14H,3,7,10-11,16H2,1-2H3. The molecule has 2 heteroatoms. The Morgan fingerprint density at radius 3 is 2.53 bits per heavy atom. The van der Waals surface area contributed by atoms with E-state index >= 15 is 0 Å². The minimum absolute atomic E-state index is 0.190. The normalized spacial score (nSPS) is 14.3. The van der Waals surface area contributed by atoms with Crippen molar-refractivity contribution in [3.63, 3.8) is 0 Å². The van der Waals surface area contributed by atoms with Crippen molar-refractivity contribution in [3.8, 4) is 0 Å². The average molecular weight is 233 g/mol. The molecule has 2 atom stereocenters. The van der Waals surface area contributed by atoms with Gasteiger partial charge >= 0.3 is 0 Å². The van der Waals surface area contributed by atoms with Crippen molar-refractivity contribution in [2.75, 3.05) is 0 Å². The van der Waals surface area contributed by atoms with E-state index in [1.165, 1.54) is 0 Å². The van der Waals surface area contributed by atoms with Gasteiger partial charge in [-0.2, -0.15) is 0 Å². The molecule has 0 aliphatic heterocycles. The lowest BCUT2D eigenvalue weighted by Gasteiger charge is -2.14. The Morgan fingerprint density at radius 1 is 1.29 bits per heavy atom. The fourth-order valence-electron chi connectivity index (χ4n) is 2.07. The van der Waals surface area contributed by atoms with Crippen LogP contribution in [0, 0.1) is 5.92 Å². The van der Waals surface area contributed by atoms with E-state index < -0.39 is 0 Å². The quantitative estimate of drug-likeness (QED) is 0.786. The predicted molar refractivity (Wildman–Crippen MR) is 71.8 cm³/mol. The number of Topliss-reactive ketones (excluding diaryl/α,β-unsaturated/α-hetero) is 1.